The molecule has 3 aliphatic heterocycles. The van der Waals surface area contributed by atoms with Crippen LogP contribution in [0.25, 0.3) is 0 Å². The predicted molar refractivity (Wildman–Crippen MR) is 126 cm³/mol. The third-order valence-corrected chi connectivity index (χ3v) is 5.46. The molecule has 0 aliphatic carbocycles. The van der Waals surface area contributed by atoms with E-state index in [9.17, 15) is 0 Å². The van der Waals surface area contributed by atoms with Gasteiger partial charge in [0.15, 0.2) is 0 Å². The number of rotatable bonds is 1. The van der Waals surface area contributed by atoms with Crippen LogP contribution in [0.1, 0.15) is 93.4 Å². The summed E-state index contributed by atoms with van der Waals surface area (Å²) in [6.07, 6.45) is 9.90. The molecule has 3 heteroatoms. The van der Waals surface area contributed by atoms with Crippen LogP contribution in [0.15, 0.2) is 0 Å². The van der Waals surface area contributed by atoms with Crippen molar-refractivity contribution in [1.29, 1.82) is 0 Å². The highest BCUT2D eigenvalue weighted by Gasteiger charge is 2.13. The Balaban J connectivity index is 0. The SMILES string of the molecule is CC.CC.CC(C)N1CCCC1.CC1CCN(C)CC1.CN1CCCCC1. The fraction of sp³-hybridized carbons (Fsp3) is 1.00. The van der Waals surface area contributed by atoms with Gasteiger partial charge in [-0.2, -0.15) is 0 Å². The minimum absolute atomic E-state index is 0.775. The van der Waals surface area contributed by atoms with Gasteiger partial charge in [-0.1, -0.05) is 41.0 Å². The van der Waals surface area contributed by atoms with Crippen LogP contribution in [0.2, 0.25) is 0 Å². The van der Waals surface area contributed by atoms with E-state index in [2.05, 4.69) is 49.6 Å². The Morgan fingerprint density at radius 3 is 1.22 bits per heavy atom. The van der Waals surface area contributed by atoms with Crippen LogP contribution in [0.4, 0.5) is 0 Å². The molecule has 0 atom stereocenters. The average molecular weight is 386 g/mol. The normalized spacial score (nSPS) is 21.6. The minimum atomic E-state index is 0.775. The lowest BCUT2D eigenvalue weighted by molar-refractivity contribution is 0.230. The van der Waals surface area contributed by atoms with Crippen LogP contribution in [-0.4, -0.2) is 74.1 Å². The van der Waals surface area contributed by atoms with Crippen LogP contribution < -0.4 is 0 Å². The molecule has 27 heavy (non-hydrogen) atoms. The van der Waals surface area contributed by atoms with E-state index in [1.807, 2.05) is 27.7 Å². The van der Waals surface area contributed by atoms with Gasteiger partial charge in [-0.3, -0.25) is 0 Å². The molecule has 0 radical (unpaired) electrons. The van der Waals surface area contributed by atoms with Crippen LogP contribution in [-0.2, 0) is 0 Å². The molecule has 0 N–H and O–H groups in total. The van der Waals surface area contributed by atoms with Crippen molar-refractivity contribution >= 4 is 0 Å². The van der Waals surface area contributed by atoms with Crippen LogP contribution >= 0.6 is 0 Å². The van der Waals surface area contributed by atoms with E-state index in [0.29, 0.717) is 0 Å². The summed E-state index contributed by atoms with van der Waals surface area (Å²) in [6.45, 7) is 22.8. The third kappa shape index (κ3) is 17.7. The second kappa shape index (κ2) is 20.6. The Hall–Kier alpha value is -0.120. The lowest BCUT2D eigenvalue weighted by Crippen LogP contribution is -2.28. The van der Waals surface area contributed by atoms with Gasteiger partial charge >= 0.3 is 0 Å². The van der Waals surface area contributed by atoms with E-state index in [-0.39, 0.29) is 0 Å². The van der Waals surface area contributed by atoms with E-state index in [0.717, 1.165) is 12.0 Å². The summed E-state index contributed by atoms with van der Waals surface area (Å²) in [5, 5.41) is 0. The molecule has 0 spiro atoms. The standard InChI is InChI=1S/2C7H15N.C6H13N.2C2H6/c1-7-3-5-8(2)6-4-7;1-7(2)8-5-3-4-6-8;1-7-5-3-2-4-6-7;2*1-2/h2*7H,3-6H2,1-2H3;2-6H2,1H3;2*1-2H3. The predicted octanol–water partition coefficient (Wildman–Crippen LogP) is 5.99. The van der Waals surface area contributed by atoms with Gasteiger partial charge in [-0.15, -0.1) is 0 Å². The van der Waals surface area contributed by atoms with Gasteiger partial charge in [-0.25, -0.2) is 0 Å². The minimum Gasteiger partial charge on any atom is -0.306 e. The summed E-state index contributed by atoms with van der Waals surface area (Å²) in [5.41, 5.74) is 0. The maximum atomic E-state index is 2.53. The van der Waals surface area contributed by atoms with Gasteiger partial charge in [0.05, 0.1) is 0 Å². The van der Waals surface area contributed by atoms with Gasteiger partial charge < -0.3 is 14.7 Å². The highest BCUT2D eigenvalue weighted by Crippen LogP contribution is 2.13. The lowest BCUT2D eigenvalue weighted by atomic mass is 10.00. The van der Waals surface area contributed by atoms with Crippen molar-refractivity contribution in [1.82, 2.24) is 14.7 Å². The molecule has 166 valence electrons. The zero-order chi connectivity index (χ0) is 21.1. The topological polar surface area (TPSA) is 9.72 Å². The van der Waals surface area contributed by atoms with Crippen LogP contribution in [0.3, 0.4) is 0 Å². The van der Waals surface area contributed by atoms with Crippen molar-refractivity contribution in [2.45, 2.75) is 99.5 Å². The van der Waals surface area contributed by atoms with Gasteiger partial charge in [0, 0.05) is 6.04 Å². The summed E-state index contributed by atoms with van der Waals surface area (Å²) in [4.78, 5) is 7.32. The van der Waals surface area contributed by atoms with E-state index in [1.54, 1.807) is 0 Å². The second-order valence-corrected chi connectivity index (χ2v) is 8.19. The summed E-state index contributed by atoms with van der Waals surface area (Å²) in [7, 11) is 4.39. The van der Waals surface area contributed by atoms with Crippen molar-refractivity contribution in [2.75, 3.05) is 53.4 Å². The molecule has 0 amide bonds. The smallest absolute Gasteiger partial charge is 0.00385 e. The molecule has 0 aromatic heterocycles. The van der Waals surface area contributed by atoms with Crippen LogP contribution in [0, 0.1) is 5.92 Å². The molecule has 0 saturated carbocycles. The monoisotopic (exact) mass is 385 g/mol. The van der Waals surface area contributed by atoms with E-state index >= 15 is 0 Å². The molecule has 3 rings (SSSR count). The Bertz CT molecular complexity index is 251. The first-order chi connectivity index (χ1) is 13.0. The van der Waals surface area contributed by atoms with E-state index in [4.69, 9.17) is 0 Å². The molecule has 0 aromatic carbocycles. The van der Waals surface area contributed by atoms with E-state index in [1.165, 1.54) is 84.2 Å². The summed E-state index contributed by atoms with van der Waals surface area (Å²) < 4.78 is 0. The van der Waals surface area contributed by atoms with Crippen LogP contribution in [0.5, 0.6) is 0 Å². The van der Waals surface area contributed by atoms with Crippen molar-refractivity contribution in [3.63, 3.8) is 0 Å². The average Bonchev–Trinajstić information content (AvgIpc) is 3.24. The highest BCUT2D eigenvalue weighted by molar-refractivity contribution is 4.68. The molecular formula is C24H55N3. The Labute approximate surface area is 173 Å². The molecule has 3 saturated heterocycles. The quantitative estimate of drug-likeness (QED) is 0.548. The first kappa shape index (κ1) is 29.1. The Kier molecular flexibility index (Phi) is 22.2. The maximum absolute atomic E-state index is 2.53. The van der Waals surface area contributed by atoms with Crippen molar-refractivity contribution in [2.24, 2.45) is 5.92 Å². The van der Waals surface area contributed by atoms with Gasteiger partial charge in [-0.05, 0) is 112 Å². The number of hydrogen-bond acceptors (Lipinski definition) is 3. The number of hydrogen-bond donors (Lipinski definition) is 0. The van der Waals surface area contributed by atoms with Gasteiger partial charge in [0.1, 0.15) is 0 Å². The van der Waals surface area contributed by atoms with E-state index < -0.39 is 0 Å². The van der Waals surface area contributed by atoms with Crippen molar-refractivity contribution < 1.29 is 0 Å². The Morgan fingerprint density at radius 1 is 0.593 bits per heavy atom. The maximum Gasteiger partial charge on any atom is 0.00385 e. The summed E-state index contributed by atoms with van der Waals surface area (Å²) >= 11 is 0. The van der Waals surface area contributed by atoms with Gasteiger partial charge in [0.25, 0.3) is 0 Å². The lowest BCUT2D eigenvalue weighted by Gasteiger charge is -2.26. The van der Waals surface area contributed by atoms with Crippen molar-refractivity contribution in [3.8, 4) is 0 Å². The fourth-order valence-corrected chi connectivity index (χ4v) is 3.45. The second-order valence-electron chi connectivity index (χ2n) is 8.19. The Morgan fingerprint density at radius 2 is 0.963 bits per heavy atom. The fourth-order valence-electron chi connectivity index (χ4n) is 3.45. The zero-order valence-corrected chi connectivity index (χ0v) is 20.7. The molecule has 3 nitrogen and oxygen atoms in total. The molecule has 3 heterocycles. The first-order valence-corrected chi connectivity index (χ1v) is 12.1. The molecular weight excluding hydrogens is 330 g/mol. The zero-order valence-electron chi connectivity index (χ0n) is 20.7. The third-order valence-electron chi connectivity index (χ3n) is 5.46. The molecule has 0 bridgehead atoms. The molecule has 0 aromatic rings. The first-order valence-electron chi connectivity index (χ1n) is 12.1. The van der Waals surface area contributed by atoms with Gasteiger partial charge in [0.2, 0.25) is 0 Å². The number of nitrogens with zero attached hydrogens (tertiary/aromatic N) is 3. The molecule has 0 unspecified atom stereocenters. The molecule has 3 fully saturated rings. The number of likely N-dealkylation sites (tertiary alicyclic amines) is 3. The summed E-state index contributed by atoms with van der Waals surface area (Å²) in [5.74, 6) is 0.978. The highest BCUT2D eigenvalue weighted by atomic mass is 15.2. The summed E-state index contributed by atoms with van der Waals surface area (Å²) in [6, 6.07) is 0.775. The number of piperidine rings is 2. The van der Waals surface area contributed by atoms with Crippen molar-refractivity contribution in [3.05, 3.63) is 0 Å². The largest absolute Gasteiger partial charge is 0.306 e. The molecule has 3 aliphatic rings.